The lowest BCUT2D eigenvalue weighted by molar-refractivity contribution is 0.00798. The van der Waals surface area contributed by atoms with Gasteiger partial charge in [-0.25, -0.2) is 4.79 Å². The van der Waals surface area contributed by atoms with Gasteiger partial charge in [0.05, 0.1) is 17.7 Å². The number of nitrogens with zero attached hydrogens (tertiary/aromatic N) is 2. The Kier molecular flexibility index (Phi) is 5.81. The molecule has 1 aromatic rings. The van der Waals surface area contributed by atoms with E-state index in [1.165, 1.54) is 7.11 Å². The highest BCUT2D eigenvalue weighted by Crippen LogP contribution is 2.41. The monoisotopic (exact) mass is 366 g/mol. The van der Waals surface area contributed by atoms with E-state index >= 15 is 0 Å². The number of benzene rings is 1. The summed E-state index contributed by atoms with van der Waals surface area (Å²) in [6.07, 6.45) is 0.00299. The van der Waals surface area contributed by atoms with Crippen LogP contribution in [0.1, 0.15) is 43.4 Å². The number of hydrogen-bond donors (Lipinski definition) is 1. The maximum absolute atomic E-state index is 12.1. The van der Waals surface area contributed by atoms with Crippen LogP contribution in [0.3, 0.4) is 0 Å². The molecule has 7 heteroatoms. The van der Waals surface area contributed by atoms with Crippen LogP contribution < -0.4 is 4.74 Å². The lowest BCUT2D eigenvalue weighted by Gasteiger charge is -2.41. The highest BCUT2D eigenvalue weighted by molar-refractivity contribution is 6.32. The zero-order valence-corrected chi connectivity index (χ0v) is 15.7. The summed E-state index contributed by atoms with van der Waals surface area (Å²) in [7, 11) is 1.53. The molecular weight excluding hydrogens is 344 g/mol. The number of likely N-dealkylation sites (tertiary alicyclic amines) is 1. The zero-order valence-electron chi connectivity index (χ0n) is 14.9. The number of nitriles is 1. The van der Waals surface area contributed by atoms with Crippen LogP contribution in [0.5, 0.6) is 5.75 Å². The first kappa shape index (κ1) is 19.4. The number of aliphatic hydroxyl groups is 1. The Balaban J connectivity index is 2.28. The third kappa shape index (κ3) is 4.17. The number of hydrogen-bond acceptors (Lipinski definition) is 5. The number of methoxy groups -OCH3 is 1. The Morgan fingerprint density at radius 1 is 1.48 bits per heavy atom. The van der Waals surface area contributed by atoms with Crippen molar-refractivity contribution in [1.29, 1.82) is 5.26 Å². The molecule has 0 aromatic heterocycles. The molecule has 0 saturated carbocycles. The van der Waals surface area contributed by atoms with Crippen molar-refractivity contribution < 1.29 is 19.4 Å². The molecule has 0 unspecified atom stereocenters. The summed E-state index contributed by atoms with van der Waals surface area (Å²) in [6, 6.07) is 3.79. The van der Waals surface area contributed by atoms with Crippen molar-refractivity contribution in [3.8, 4) is 11.8 Å². The van der Waals surface area contributed by atoms with Crippen LogP contribution >= 0.6 is 11.6 Å². The van der Waals surface area contributed by atoms with Crippen molar-refractivity contribution in [2.24, 2.45) is 0 Å². The number of ether oxygens (including phenoxy) is 2. The fraction of sp³-hybridized carbons (Fsp3) is 0.556. The minimum absolute atomic E-state index is 0.0489. The van der Waals surface area contributed by atoms with E-state index in [-0.39, 0.29) is 18.6 Å². The van der Waals surface area contributed by atoms with Crippen LogP contribution in [0.4, 0.5) is 4.79 Å². The second-order valence-electron chi connectivity index (χ2n) is 7.01. The molecule has 25 heavy (non-hydrogen) atoms. The van der Waals surface area contributed by atoms with Crippen LogP contribution in [0, 0.1) is 11.3 Å². The van der Waals surface area contributed by atoms with Crippen molar-refractivity contribution in [2.45, 2.75) is 38.7 Å². The Bertz CT molecular complexity index is 700. The smallest absolute Gasteiger partial charge is 0.410 e. The maximum Gasteiger partial charge on any atom is 0.410 e. The van der Waals surface area contributed by atoms with Gasteiger partial charge in [-0.3, -0.25) is 0 Å². The molecule has 136 valence electrons. The molecule has 0 aliphatic carbocycles. The Labute approximate surface area is 152 Å². The van der Waals surface area contributed by atoms with E-state index in [0.29, 0.717) is 41.4 Å². The number of carbonyl (C=O) groups excluding carboxylic acids is 1. The molecule has 2 rings (SSSR count). The summed E-state index contributed by atoms with van der Waals surface area (Å²) in [5.74, 6) is 0.497. The highest BCUT2D eigenvalue weighted by Gasteiger charge is 2.38. The largest absolute Gasteiger partial charge is 0.496 e. The summed E-state index contributed by atoms with van der Waals surface area (Å²) in [5.41, 5.74) is 1.25. The van der Waals surface area contributed by atoms with Crippen LogP contribution in [0.25, 0.3) is 0 Å². The third-order valence-electron chi connectivity index (χ3n) is 3.98. The predicted molar refractivity (Wildman–Crippen MR) is 94.1 cm³/mol. The van der Waals surface area contributed by atoms with Gasteiger partial charge in [0.1, 0.15) is 17.4 Å². The van der Waals surface area contributed by atoms with Crippen molar-refractivity contribution >= 4 is 17.7 Å². The van der Waals surface area contributed by atoms with Crippen LogP contribution in [-0.2, 0) is 11.2 Å². The standard InChI is InChI=1S/C18H23ClN2O4/c1-18(2,3)25-17(23)21-9-12(10-21)15-13(8-20)14(19)7-11(5-6-22)16(15)24-4/h7,12,22H,5-6,9-10H2,1-4H3. The second-order valence-corrected chi connectivity index (χ2v) is 7.41. The molecule has 1 N–H and O–H groups in total. The lowest BCUT2D eigenvalue weighted by Crippen LogP contribution is -2.50. The van der Waals surface area contributed by atoms with E-state index in [9.17, 15) is 15.2 Å². The molecule has 1 fully saturated rings. The van der Waals surface area contributed by atoms with E-state index in [4.69, 9.17) is 21.1 Å². The quantitative estimate of drug-likeness (QED) is 0.885. The Morgan fingerprint density at radius 3 is 2.60 bits per heavy atom. The molecule has 1 aliphatic rings. The first-order chi connectivity index (χ1) is 11.7. The molecular formula is C18H23ClN2O4. The highest BCUT2D eigenvalue weighted by atomic mass is 35.5. The van der Waals surface area contributed by atoms with E-state index in [1.807, 2.05) is 20.8 Å². The molecule has 0 bridgehead atoms. The molecule has 1 amide bonds. The molecule has 1 aromatic carbocycles. The molecule has 1 heterocycles. The number of aliphatic hydroxyl groups excluding tert-OH is 1. The number of carbonyl (C=O) groups is 1. The fourth-order valence-corrected chi connectivity index (χ4v) is 3.17. The normalized spacial score (nSPS) is 14.7. The maximum atomic E-state index is 12.1. The summed E-state index contributed by atoms with van der Waals surface area (Å²) in [4.78, 5) is 13.7. The van der Waals surface area contributed by atoms with Gasteiger partial charge in [0, 0.05) is 31.2 Å². The predicted octanol–water partition coefficient (Wildman–Crippen LogP) is 3.09. The molecule has 1 saturated heterocycles. The van der Waals surface area contributed by atoms with Crippen molar-refractivity contribution in [3.63, 3.8) is 0 Å². The van der Waals surface area contributed by atoms with Gasteiger partial charge in [0.15, 0.2) is 0 Å². The van der Waals surface area contributed by atoms with Crippen molar-refractivity contribution in [3.05, 3.63) is 27.8 Å². The van der Waals surface area contributed by atoms with Gasteiger partial charge in [-0.2, -0.15) is 5.26 Å². The first-order valence-electron chi connectivity index (χ1n) is 8.10. The van der Waals surface area contributed by atoms with Gasteiger partial charge in [0.25, 0.3) is 0 Å². The zero-order chi connectivity index (χ0) is 18.8. The molecule has 0 atom stereocenters. The van der Waals surface area contributed by atoms with Gasteiger partial charge in [-0.1, -0.05) is 11.6 Å². The number of amides is 1. The van der Waals surface area contributed by atoms with Gasteiger partial charge in [0.2, 0.25) is 0 Å². The minimum atomic E-state index is -0.554. The molecule has 1 aliphatic heterocycles. The van der Waals surface area contributed by atoms with E-state index in [1.54, 1.807) is 11.0 Å². The van der Waals surface area contributed by atoms with Gasteiger partial charge in [-0.15, -0.1) is 0 Å². The van der Waals surface area contributed by atoms with Crippen molar-refractivity contribution in [1.82, 2.24) is 4.90 Å². The first-order valence-corrected chi connectivity index (χ1v) is 8.47. The summed E-state index contributed by atoms with van der Waals surface area (Å²) in [6.45, 7) is 6.26. The fourth-order valence-electron chi connectivity index (χ4n) is 2.89. The van der Waals surface area contributed by atoms with Crippen LogP contribution in [0.15, 0.2) is 6.07 Å². The summed E-state index contributed by atoms with van der Waals surface area (Å²) >= 11 is 6.25. The van der Waals surface area contributed by atoms with E-state index in [2.05, 4.69) is 6.07 Å². The van der Waals surface area contributed by atoms with E-state index < -0.39 is 5.60 Å². The number of halogens is 1. The average molecular weight is 367 g/mol. The summed E-state index contributed by atoms with van der Waals surface area (Å²) in [5, 5.41) is 19.1. The third-order valence-corrected chi connectivity index (χ3v) is 4.28. The summed E-state index contributed by atoms with van der Waals surface area (Å²) < 4.78 is 10.9. The molecule has 6 nitrogen and oxygen atoms in total. The average Bonchev–Trinajstić information content (AvgIpc) is 2.44. The Morgan fingerprint density at radius 2 is 2.12 bits per heavy atom. The van der Waals surface area contributed by atoms with Gasteiger partial charge < -0.3 is 19.5 Å². The molecule has 0 spiro atoms. The molecule has 0 radical (unpaired) electrons. The van der Waals surface area contributed by atoms with E-state index in [0.717, 1.165) is 5.56 Å². The van der Waals surface area contributed by atoms with Crippen LogP contribution in [-0.4, -0.2) is 48.5 Å². The topological polar surface area (TPSA) is 82.8 Å². The van der Waals surface area contributed by atoms with Crippen molar-refractivity contribution in [2.75, 3.05) is 26.8 Å². The van der Waals surface area contributed by atoms with Crippen LogP contribution in [0.2, 0.25) is 5.02 Å². The second kappa shape index (κ2) is 7.51. The SMILES string of the molecule is COc1c(CCO)cc(Cl)c(C#N)c1C1CN(C(=O)OC(C)(C)C)C1. The van der Waals surface area contributed by atoms with Gasteiger partial charge in [-0.05, 0) is 38.8 Å². The minimum Gasteiger partial charge on any atom is -0.496 e. The Hall–Kier alpha value is -1.97. The lowest BCUT2D eigenvalue weighted by atomic mass is 9.86. The number of rotatable bonds is 4. The van der Waals surface area contributed by atoms with Gasteiger partial charge >= 0.3 is 6.09 Å².